The van der Waals surface area contributed by atoms with Gasteiger partial charge in [0.05, 0.1) is 0 Å². The van der Waals surface area contributed by atoms with Crippen LogP contribution in [-0.4, -0.2) is 26.8 Å². The molecule has 0 saturated carbocycles. The van der Waals surface area contributed by atoms with Gasteiger partial charge in [-0.2, -0.15) is 0 Å². The highest BCUT2D eigenvalue weighted by Crippen LogP contribution is 2.29. The maximum Gasteiger partial charge on any atom is 0.220 e. The van der Waals surface area contributed by atoms with Crippen molar-refractivity contribution >= 4 is 10.0 Å². The molecule has 0 heterocycles. The van der Waals surface area contributed by atoms with Crippen LogP contribution in [-0.2, 0) is 10.0 Å². The largest absolute Gasteiger partial charge is 0.220 e. The molecule has 118 valence electrons. The molecular formula is C17H27NO2S. The number of hydrogen-bond acceptors (Lipinski definition) is 2. The molecule has 3 nitrogen and oxygen atoms in total. The Morgan fingerprint density at radius 3 is 2.29 bits per heavy atom. The van der Waals surface area contributed by atoms with Crippen molar-refractivity contribution in [3.63, 3.8) is 0 Å². The molecule has 21 heavy (non-hydrogen) atoms. The number of benzene rings is 1. The second-order valence-corrected chi connectivity index (χ2v) is 7.84. The lowest BCUT2D eigenvalue weighted by molar-refractivity contribution is 0.494. The van der Waals surface area contributed by atoms with Gasteiger partial charge in [0, 0.05) is 14.1 Å². The third-order valence-corrected chi connectivity index (χ3v) is 5.91. The number of sulfonamides is 1. The molecule has 0 aliphatic rings. The van der Waals surface area contributed by atoms with Gasteiger partial charge < -0.3 is 0 Å². The normalized spacial score (nSPS) is 13.3. The van der Waals surface area contributed by atoms with Crippen molar-refractivity contribution in [2.45, 2.75) is 43.8 Å². The number of unbranched alkanes of at least 4 members (excludes halogenated alkanes) is 4. The SMILES string of the molecule is C=CCCCCCC[C@@H](c1ccccc1)S(=O)(=O)N(C)C. The Morgan fingerprint density at radius 2 is 1.71 bits per heavy atom. The van der Waals surface area contributed by atoms with Gasteiger partial charge in [0.1, 0.15) is 5.25 Å². The molecule has 0 spiro atoms. The number of allylic oxidation sites excluding steroid dienone is 1. The molecule has 1 atom stereocenters. The van der Waals surface area contributed by atoms with Crippen LogP contribution >= 0.6 is 0 Å². The smallest absolute Gasteiger partial charge is 0.212 e. The zero-order valence-electron chi connectivity index (χ0n) is 13.2. The number of rotatable bonds is 10. The Morgan fingerprint density at radius 1 is 1.10 bits per heavy atom. The molecule has 1 rings (SSSR count). The fraction of sp³-hybridized carbons (Fsp3) is 0.529. The highest BCUT2D eigenvalue weighted by Gasteiger charge is 2.28. The Kier molecular flexibility index (Phi) is 7.68. The van der Waals surface area contributed by atoms with Crippen molar-refractivity contribution in [1.29, 1.82) is 0 Å². The Bertz CT molecular complexity index is 509. The summed E-state index contributed by atoms with van der Waals surface area (Å²) in [6.45, 7) is 3.71. The molecule has 0 bridgehead atoms. The van der Waals surface area contributed by atoms with Crippen molar-refractivity contribution < 1.29 is 8.42 Å². The predicted molar refractivity (Wildman–Crippen MR) is 89.7 cm³/mol. The Hall–Kier alpha value is -1.13. The summed E-state index contributed by atoms with van der Waals surface area (Å²) in [4.78, 5) is 0. The summed E-state index contributed by atoms with van der Waals surface area (Å²) in [5.74, 6) is 0. The summed E-state index contributed by atoms with van der Waals surface area (Å²) < 4.78 is 26.4. The van der Waals surface area contributed by atoms with E-state index in [1.807, 2.05) is 36.4 Å². The highest BCUT2D eigenvalue weighted by atomic mass is 32.2. The van der Waals surface area contributed by atoms with E-state index in [0.29, 0.717) is 6.42 Å². The molecule has 0 radical (unpaired) electrons. The van der Waals surface area contributed by atoms with Crippen LogP contribution in [0.1, 0.15) is 49.3 Å². The van der Waals surface area contributed by atoms with Gasteiger partial charge in [-0.05, 0) is 24.8 Å². The monoisotopic (exact) mass is 309 g/mol. The first-order valence-corrected chi connectivity index (χ1v) is 9.07. The molecule has 0 saturated heterocycles. The van der Waals surface area contributed by atoms with Crippen LogP contribution in [0.25, 0.3) is 0 Å². The lowest BCUT2D eigenvalue weighted by atomic mass is 10.0. The lowest BCUT2D eigenvalue weighted by Crippen LogP contribution is -2.28. The van der Waals surface area contributed by atoms with Crippen molar-refractivity contribution in [1.82, 2.24) is 4.31 Å². The van der Waals surface area contributed by atoms with Crippen LogP contribution in [0.3, 0.4) is 0 Å². The van der Waals surface area contributed by atoms with E-state index in [-0.39, 0.29) is 0 Å². The van der Waals surface area contributed by atoms with E-state index < -0.39 is 15.3 Å². The van der Waals surface area contributed by atoms with Gasteiger partial charge in [-0.3, -0.25) is 0 Å². The summed E-state index contributed by atoms with van der Waals surface area (Å²) in [7, 11) is -0.0593. The van der Waals surface area contributed by atoms with Gasteiger partial charge in [-0.15, -0.1) is 6.58 Å². The van der Waals surface area contributed by atoms with E-state index in [2.05, 4.69) is 6.58 Å². The van der Waals surface area contributed by atoms with Crippen LogP contribution in [0.5, 0.6) is 0 Å². The minimum Gasteiger partial charge on any atom is -0.212 e. The van der Waals surface area contributed by atoms with Crippen LogP contribution in [0.4, 0.5) is 0 Å². The van der Waals surface area contributed by atoms with Crippen LogP contribution in [0.2, 0.25) is 0 Å². The summed E-state index contributed by atoms with van der Waals surface area (Å²) in [5.41, 5.74) is 0.886. The van der Waals surface area contributed by atoms with E-state index in [9.17, 15) is 8.42 Å². The fourth-order valence-electron chi connectivity index (χ4n) is 2.38. The minimum atomic E-state index is -3.27. The second kappa shape index (κ2) is 9.00. The summed E-state index contributed by atoms with van der Waals surface area (Å²) in [6, 6.07) is 9.53. The quantitative estimate of drug-likeness (QED) is 0.481. The van der Waals surface area contributed by atoms with Crippen molar-refractivity contribution in [3.8, 4) is 0 Å². The van der Waals surface area contributed by atoms with E-state index in [4.69, 9.17) is 0 Å². The van der Waals surface area contributed by atoms with Crippen molar-refractivity contribution in [2.75, 3.05) is 14.1 Å². The zero-order chi connectivity index (χ0) is 15.7. The first-order chi connectivity index (χ1) is 10.00. The van der Waals surface area contributed by atoms with E-state index in [1.54, 1.807) is 14.1 Å². The second-order valence-electron chi connectivity index (χ2n) is 5.51. The number of hydrogen-bond donors (Lipinski definition) is 0. The summed E-state index contributed by atoms with van der Waals surface area (Å²) >= 11 is 0. The first kappa shape index (κ1) is 17.9. The van der Waals surface area contributed by atoms with Crippen LogP contribution < -0.4 is 0 Å². The molecule has 4 heteroatoms. The van der Waals surface area contributed by atoms with Crippen LogP contribution in [0.15, 0.2) is 43.0 Å². The van der Waals surface area contributed by atoms with Gasteiger partial charge in [-0.25, -0.2) is 12.7 Å². The molecule has 1 aromatic carbocycles. The molecular weight excluding hydrogens is 282 g/mol. The topological polar surface area (TPSA) is 37.4 Å². The van der Waals surface area contributed by atoms with Gasteiger partial charge in [0.25, 0.3) is 0 Å². The van der Waals surface area contributed by atoms with Gasteiger partial charge in [0.2, 0.25) is 10.0 Å². The Labute approximate surface area is 129 Å². The van der Waals surface area contributed by atoms with E-state index in [1.165, 1.54) is 4.31 Å². The Balaban J connectivity index is 2.69. The zero-order valence-corrected chi connectivity index (χ0v) is 14.0. The predicted octanol–water partition coefficient (Wildman–Crippen LogP) is 4.15. The third kappa shape index (κ3) is 5.64. The van der Waals surface area contributed by atoms with Crippen molar-refractivity contribution in [2.24, 2.45) is 0 Å². The van der Waals surface area contributed by atoms with E-state index in [0.717, 1.165) is 37.7 Å². The molecule has 0 aliphatic heterocycles. The molecule has 1 aromatic rings. The van der Waals surface area contributed by atoms with Gasteiger partial charge >= 0.3 is 0 Å². The van der Waals surface area contributed by atoms with Gasteiger partial charge in [-0.1, -0.05) is 55.7 Å². The maximum atomic E-state index is 12.5. The molecule has 0 amide bonds. The summed E-state index contributed by atoms with van der Waals surface area (Å²) in [5, 5.41) is -0.437. The minimum absolute atomic E-state index is 0.437. The van der Waals surface area contributed by atoms with Crippen molar-refractivity contribution in [3.05, 3.63) is 48.6 Å². The molecule has 0 N–H and O–H groups in total. The first-order valence-electron chi connectivity index (χ1n) is 7.57. The highest BCUT2D eigenvalue weighted by molar-refractivity contribution is 7.89. The molecule has 0 aliphatic carbocycles. The average molecular weight is 309 g/mol. The lowest BCUT2D eigenvalue weighted by Gasteiger charge is -2.22. The summed E-state index contributed by atoms with van der Waals surface area (Å²) in [6.07, 6.45) is 7.93. The third-order valence-electron chi connectivity index (χ3n) is 3.66. The fourth-order valence-corrected chi connectivity index (χ4v) is 3.86. The van der Waals surface area contributed by atoms with E-state index >= 15 is 0 Å². The average Bonchev–Trinajstić information content (AvgIpc) is 2.47. The van der Waals surface area contributed by atoms with Crippen LogP contribution in [0, 0.1) is 0 Å². The molecule has 0 unspecified atom stereocenters. The molecule has 0 fully saturated rings. The standard InChI is InChI=1S/C17H27NO2S/c1-4-5-6-7-8-12-15-17(21(19,20)18(2)3)16-13-10-9-11-14-16/h4,9-11,13-14,17H,1,5-8,12,15H2,2-3H3/t17-/m0/s1. The number of nitrogens with zero attached hydrogens (tertiary/aromatic N) is 1. The maximum absolute atomic E-state index is 12.5. The molecule has 0 aromatic heterocycles. The van der Waals surface area contributed by atoms with Gasteiger partial charge in [0.15, 0.2) is 0 Å².